The Labute approximate surface area is 115 Å². The van der Waals surface area contributed by atoms with E-state index in [9.17, 15) is 4.39 Å². The summed E-state index contributed by atoms with van der Waals surface area (Å²) in [4.78, 5) is 2.10. The maximum absolute atomic E-state index is 14.2. The van der Waals surface area contributed by atoms with Crippen LogP contribution in [0.15, 0.2) is 18.2 Å². The van der Waals surface area contributed by atoms with Gasteiger partial charge in [0.05, 0.1) is 12.3 Å². The largest absolute Gasteiger partial charge is 0.383 e. The highest BCUT2D eigenvalue weighted by molar-refractivity contribution is 5.55. The quantitative estimate of drug-likeness (QED) is 0.784. The van der Waals surface area contributed by atoms with Gasteiger partial charge >= 0.3 is 0 Å². The van der Waals surface area contributed by atoms with Crippen LogP contribution in [0.4, 0.5) is 10.1 Å². The average Bonchev–Trinajstić information content (AvgIpc) is 2.41. The molecule has 3 nitrogen and oxygen atoms in total. The topological polar surface area (TPSA) is 24.5 Å². The molecule has 4 heteroatoms. The lowest BCUT2D eigenvalue weighted by atomic mass is 10.1. The van der Waals surface area contributed by atoms with E-state index in [2.05, 4.69) is 24.1 Å². The minimum atomic E-state index is -0.163. The maximum Gasteiger partial charge on any atom is 0.146 e. The lowest BCUT2D eigenvalue weighted by Gasteiger charge is -2.32. The van der Waals surface area contributed by atoms with Gasteiger partial charge in [-0.2, -0.15) is 0 Å². The van der Waals surface area contributed by atoms with Crippen molar-refractivity contribution in [3.05, 3.63) is 29.6 Å². The highest BCUT2D eigenvalue weighted by Crippen LogP contribution is 2.27. The molecule has 1 aromatic carbocycles. The van der Waals surface area contributed by atoms with Gasteiger partial charge in [0.1, 0.15) is 5.82 Å². The fourth-order valence-corrected chi connectivity index (χ4v) is 2.18. The minimum absolute atomic E-state index is 0.163. The van der Waals surface area contributed by atoms with E-state index in [0.29, 0.717) is 25.4 Å². The number of rotatable bonds is 8. The predicted octanol–water partition coefficient (Wildman–Crippen LogP) is 2.80. The third-order valence-electron chi connectivity index (χ3n) is 3.38. The van der Waals surface area contributed by atoms with Crippen LogP contribution < -0.4 is 10.2 Å². The van der Waals surface area contributed by atoms with Gasteiger partial charge < -0.3 is 15.0 Å². The fourth-order valence-electron chi connectivity index (χ4n) is 2.18. The van der Waals surface area contributed by atoms with Crippen LogP contribution in [0.3, 0.4) is 0 Å². The van der Waals surface area contributed by atoms with Crippen molar-refractivity contribution in [1.29, 1.82) is 0 Å². The Morgan fingerprint density at radius 1 is 1.42 bits per heavy atom. The summed E-state index contributed by atoms with van der Waals surface area (Å²) in [7, 11) is 3.54. The SMILES string of the molecule is CCC(C)N(CCOC)c1c(F)cccc1CNC. The van der Waals surface area contributed by atoms with Gasteiger partial charge in [-0.15, -0.1) is 0 Å². The number of methoxy groups -OCH3 is 1. The molecule has 0 aliphatic heterocycles. The molecular weight excluding hydrogens is 243 g/mol. The zero-order valence-electron chi connectivity index (χ0n) is 12.4. The van der Waals surface area contributed by atoms with Crippen molar-refractivity contribution >= 4 is 5.69 Å². The number of halogens is 1. The Kier molecular flexibility index (Phi) is 6.81. The zero-order valence-corrected chi connectivity index (χ0v) is 12.4. The summed E-state index contributed by atoms with van der Waals surface area (Å²) < 4.78 is 19.4. The summed E-state index contributed by atoms with van der Waals surface area (Å²) in [5.41, 5.74) is 1.68. The Bertz CT molecular complexity index is 384. The van der Waals surface area contributed by atoms with Crippen molar-refractivity contribution < 1.29 is 9.13 Å². The number of benzene rings is 1. The van der Waals surface area contributed by atoms with Gasteiger partial charge in [0, 0.05) is 26.2 Å². The van der Waals surface area contributed by atoms with Crippen LogP contribution in [0.5, 0.6) is 0 Å². The molecule has 0 aromatic heterocycles. The van der Waals surface area contributed by atoms with E-state index >= 15 is 0 Å². The molecule has 0 fully saturated rings. The number of hydrogen-bond donors (Lipinski definition) is 1. The first-order chi connectivity index (χ1) is 9.15. The number of hydrogen-bond acceptors (Lipinski definition) is 3. The van der Waals surface area contributed by atoms with Crippen LogP contribution >= 0.6 is 0 Å². The molecule has 0 aliphatic rings. The summed E-state index contributed by atoms with van der Waals surface area (Å²) in [6.45, 7) is 6.18. The van der Waals surface area contributed by atoms with Crippen LogP contribution in [0.2, 0.25) is 0 Å². The standard InChI is InChI=1S/C15H25FN2O/c1-5-12(2)18(9-10-19-4)15-13(11-17-3)7-6-8-14(15)16/h6-8,12,17H,5,9-11H2,1-4H3. The molecule has 19 heavy (non-hydrogen) atoms. The molecular formula is C15H25FN2O. The van der Waals surface area contributed by atoms with Gasteiger partial charge in [0.2, 0.25) is 0 Å². The van der Waals surface area contributed by atoms with E-state index in [1.807, 2.05) is 13.1 Å². The van der Waals surface area contributed by atoms with Crippen LogP contribution in [0.1, 0.15) is 25.8 Å². The molecule has 0 amide bonds. The Morgan fingerprint density at radius 3 is 2.74 bits per heavy atom. The molecule has 0 heterocycles. The minimum Gasteiger partial charge on any atom is -0.383 e. The van der Waals surface area contributed by atoms with Gasteiger partial charge in [-0.25, -0.2) is 4.39 Å². The van der Waals surface area contributed by atoms with Crippen LogP contribution in [0, 0.1) is 5.82 Å². The Hall–Kier alpha value is -1.13. The summed E-state index contributed by atoms with van der Waals surface area (Å²) in [5, 5.41) is 3.09. The molecule has 1 unspecified atom stereocenters. The van der Waals surface area contributed by atoms with E-state index in [1.165, 1.54) is 6.07 Å². The second-order valence-electron chi connectivity index (χ2n) is 4.72. The van der Waals surface area contributed by atoms with Gasteiger partial charge in [-0.05, 0) is 32.0 Å². The molecule has 1 atom stereocenters. The van der Waals surface area contributed by atoms with Crippen LogP contribution in [-0.4, -0.2) is 33.4 Å². The first-order valence-corrected chi connectivity index (χ1v) is 6.83. The van der Waals surface area contributed by atoms with E-state index in [-0.39, 0.29) is 11.9 Å². The number of ether oxygens (including phenoxy) is 1. The first-order valence-electron chi connectivity index (χ1n) is 6.83. The van der Waals surface area contributed by atoms with Crippen LogP contribution in [0.25, 0.3) is 0 Å². The molecule has 0 bridgehead atoms. The molecule has 1 aromatic rings. The van der Waals surface area contributed by atoms with Crippen molar-refractivity contribution in [2.24, 2.45) is 0 Å². The lowest BCUT2D eigenvalue weighted by Crippen LogP contribution is -2.37. The molecule has 0 spiro atoms. The van der Waals surface area contributed by atoms with Crippen molar-refractivity contribution in [2.45, 2.75) is 32.9 Å². The smallest absolute Gasteiger partial charge is 0.146 e. The van der Waals surface area contributed by atoms with Gasteiger partial charge in [-0.3, -0.25) is 0 Å². The van der Waals surface area contributed by atoms with Crippen LogP contribution in [-0.2, 0) is 11.3 Å². The Balaban J connectivity index is 3.11. The number of para-hydroxylation sites is 1. The van der Waals surface area contributed by atoms with Gasteiger partial charge in [0.25, 0.3) is 0 Å². The highest BCUT2D eigenvalue weighted by atomic mass is 19.1. The van der Waals surface area contributed by atoms with Crippen molar-refractivity contribution in [3.8, 4) is 0 Å². The second kappa shape index (κ2) is 8.12. The van der Waals surface area contributed by atoms with Gasteiger partial charge in [-0.1, -0.05) is 19.1 Å². The summed E-state index contributed by atoms with van der Waals surface area (Å²) in [6.07, 6.45) is 0.969. The monoisotopic (exact) mass is 268 g/mol. The molecule has 108 valence electrons. The lowest BCUT2D eigenvalue weighted by molar-refractivity contribution is 0.203. The maximum atomic E-state index is 14.2. The highest BCUT2D eigenvalue weighted by Gasteiger charge is 2.19. The van der Waals surface area contributed by atoms with Crippen molar-refractivity contribution in [3.63, 3.8) is 0 Å². The fraction of sp³-hybridized carbons (Fsp3) is 0.600. The summed E-state index contributed by atoms with van der Waals surface area (Å²) in [5.74, 6) is -0.163. The number of nitrogens with one attached hydrogen (secondary N) is 1. The Morgan fingerprint density at radius 2 is 2.16 bits per heavy atom. The summed E-state index contributed by atoms with van der Waals surface area (Å²) in [6, 6.07) is 5.53. The predicted molar refractivity (Wildman–Crippen MR) is 78.1 cm³/mol. The third kappa shape index (κ3) is 4.18. The normalized spacial score (nSPS) is 12.5. The molecule has 0 saturated heterocycles. The van der Waals surface area contributed by atoms with Crippen molar-refractivity contribution in [2.75, 3.05) is 32.2 Å². The number of anilines is 1. The first kappa shape index (κ1) is 15.9. The average molecular weight is 268 g/mol. The summed E-state index contributed by atoms with van der Waals surface area (Å²) >= 11 is 0. The molecule has 1 rings (SSSR count). The second-order valence-corrected chi connectivity index (χ2v) is 4.72. The molecule has 0 aliphatic carbocycles. The van der Waals surface area contributed by atoms with Gasteiger partial charge in [0.15, 0.2) is 0 Å². The van der Waals surface area contributed by atoms with E-state index in [0.717, 1.165) is 12.0 Å². The number of nitrogens with zero attached hydrogens (tertiary/aromatic N) is 1. The van der Waals surface area contributed by atoms with E-state index in [1.54, 1.807) is 13.2 Å². The van der Waals surface area contributed by atoms with E-state index in [4.69, 9.17) is 4.74 Å². The molecule has 0 saturated carbocycles. The third-order valence-corrected chi connectivity index (χ3v) is 3.38. The van der Waals surface area contributed by atoms with Crippen molar-refractivity contribution in [1.82, 2.24) is 5.32 Å². The zero-order chi connectivity index (χ0) is 14.3. The van der Waals surface area contributed by atoms with E-state index < -0.39 is 0 Å². The molecule has 0 radical (unpaired) electrons. The molecule has 1 N–H and O–H groups in total.